The molecule has 4 N–H and O–H groups in total. The van der Waals surface area contributed by atoms with Gasteiger partial charge >= 0.3 is 0 Å². The molecular weight excluding hydrogens is 472 g/mol. The molecule has 11 heteroatoms. The van der Waals surface area contributed by atoms with Crippen molar-refractivity contribution in [1.29, 1.82) is 5.26 Å². The number of para-hydroxylation sites is 1. The molecular formula is C26H28N8O3. The van der Waals surface area contributed by atoms with Crippen molar-refractivity contribution in [2.75, 3.05) is 17.7 Å². The molecule has 2 amide bonds. The minimum Gasteiger partial charge on any atom is -0.494 e. The van der Waals surface area contributed by atoms with Crippen LogP contribution in [0.5, 0.6) is 5.75 Å². The van der Waals surface area contributed by atoms with Gasteiger partial charge in [0.15, 0.2) is 11.5 Å². The van der Waals surface area contributed by atoms with Gasteiger partial charge in [0, 0.05) is 23.1 Å². The maximum atomic E-state index is 12.2. The maximum Gasteiger partial charge on any atom is 0.271 e. The Morgan fingerprint density at radius 2 is 1.89 bits per heavy atom. The van der Waals surface area contributed by atoms with Crippen LogP contribution < -0.4 is 21.1 Å². The van der Waals surface area contributed by atoms with E-state index in [9.17, 15) is 14.9 Å². The van der Waals surface area contributed by atoms with E-state index in [1.54, 1.807) is 12.3 Å². The highest BCUT2D eigenvalue weighted by Gasteiger charge is 2.30. The van der Waals surface area contributed by atoms with Crippen molar-refractivity contribution in [3.05, 3.63) is 41.9 Å². The number of rotatable bonds is 8. The van der Waals surface area contributed by atoms with Gasteiger partial charge in [0.1, 0.15) is 17.5 Å². The molecule has 1 aromatic carbocycles. The van der Waals surface area contributed by atoms with Gasteiger partial charge in [-0.3, -0.25) is 14.3 Å². The monoisotopic (exact) mass is 500 g/mol. The first kappa shape index (κ1) is 24.2. The zero-order valence-corrected chi connectivity index (χ0v) is 20.5. The summed E-state index contributed by atoms with van der Waals surface area (Å²) in [7, 11) is 1.53. The van der Waals surface area contributed by atoms with Gasteiger partial charge in [0.25, 0.3) is 5.91 Å². The molecule has 2 aliphatic rings. The highest BCUT2D eigenvalue weighted by Crippen LogP contribution is 2.41. The number of primary amides is 1. The van der Waals surface area contributed by atoms with E-state index in [0.29, 0.717) is 28.3 Å². The van der Waals surface area contributed by atoms with Crippen LogP contribution in [0.25, 0.3) is 11.1 Å². The predicted octanol–water partition coefficient (Wildman–Crippen LogP) is 3.92. The number of benzene rings is 1. The zero-order valence-electron chi connectivity index (χ0n) is 20.5. The molecule has 3 aromatic rings. The third kappa shape index (κ3) is 4.95. The Morgan fingerprint density at radius 1 is 1.11 bits per heavy atom. The minimum absolute atomic E-state index is 0.0188. The highest BCUT2D eigenvalue weighted by molar-refractivity contribution is 5.99. The van der Waals surface area contributed by atoms with Gasteiger partial charge in [0.05, 0.1) is 30.7 Å². The number of nitrogens with one attached hydrogen (secondary N) is 2. The zero-order chi connectivity index (χ0) is 25.9. The van der Waals surface area contributed by atoms with Gasteiger partial charge in [-0.05, 0) is 31.7 Å². The second kappa shape index (κ2) is 10.3. The molecule has 0 saturated heterocycles. The average molecular weight is 501 g/mol. The van der Waals surface area contributed by atoms with Crippen LogP contribution in [-0.2, 0) is 4.79 Å². The summed E-state index contributed by atoms with van der Waals surface area (Å²) >= 11 is 0. The van der Waals surface area contributed by atoms with Crippen molar-refractivity contribution in [2.24, 2.45) is 11.7 Å². The first-order valence-electron chi connectivity index (χ1n) is 12.4. The molecule has 5 rings (SSSR count). The highest BCUT2D eigenvalue weighted by atomic mass is 16.5. The SMILES string of the molecule is COc1c(Nc2cc(NC(=O)C3CC3)nnc2C(N)=O)cccc1-c1cnn(C2CCCCC2)c1C#N. The summed E-state index contributed by atoms with van der Waals surface area (Å²) in [6.07, 6.45) is 8.83. The Bertz CT molecular complexity index is 1380. The average Bonchev–Trinajstić information content (AvgIpc) is 3.68. The lowest BCUT2D eigenvalue weighted by molar-refractivity contribution is -0.117. The van der Waals surface area contributed by atoms with Crippen LogP contribution in [0.1, 0.15) is 67.2 Å². The van der Waals surface area contributed by atoms with Crippen LogP contribution in [0.15, 0.2) is 30.5 Å². The third-order valence-corrected chi connectivity index (χ3v) is 6.83. The lowest BCUT2D eigenvalue weighted by atomic mass is 9.95. The molecule has 2 aromatic heterocycles. The number of nitriles is 1. The maximum absolute atomic E-state index is 12.2. The van der Waals surface area contributed by atoms with Crippen molar-refractivity contribution in [3.8, 4) is 22.9 Å². The van der Waals surface area contributed by atoms with Crippen LogP contribution in [0.2, 0.25) is 0 Å². The fourth-order valence-corrected chi connectivity index (χ4v) is 4.79. The molecule has 190 valence electrons. The van der Waals surface area contributed by atoms with Gasteiger partial charge in [-0.15, -0.1) is 10.2 Å². The van der Waals surface area contributed by atoms with Gasteiger partial charge in [-0.1, -0.05) is 31.4 Å². The first-order valence-corrected chi connectivity index (χ1v) is 12.4. The van der Waals surface area contributed by atoms with Gasteiger partial charge in [-0.25, -0.2) is 0 Å². The van der Waals surface area contributed by atoms with Crippen LogP contribution in [0, 0.1) is 17.2 Å². The number of nitrogens with zero attached hydrogens (tertiary/aromatic N) is 5. The standard InChI is InChI=1S/C26H28N8O3/c1-37-24-17(18-14-29-34(21(18)13-27)16-6-3-2-4-7-16)8-5-9-19(24)30-20-12-22(31-26(36)15-10-11-15)32-33-23(20)25(28)35/h5,8-9,12,14-16H,2-4,6-7,10-11H2,1H3,(H2,28,35)(H2,30,31,32,36). The fraction of sp³-hybridized carbons (Fsp3) is 0.385. The lowest BCUT2D eigenvalue weighted by Gasteiger charge is -2.22. The number of ether oxygens (including phenoxy) is 1. The van der Waals surface area contributed by atoms with Crippen molar-refractivity contribution >= 4 is 29.0 Å². The fourth-order valence-electron chi connectivity index (χ4n) is 4.79. The van der Waals surface area contributed by atoms with Gasteiger partial charge in [-0.2, -0.15) is 10.4 Å². The molecule has 0 aliphatic heterocycles. The molecule has 2 fully saturated rings. The lowest BCUT2D eigenvalue weighted by Crippen LogP contribution is -2.19. The molecule has 2 heterocycles. The topological polar surface area (TPSA) is 161 Å². The summed E-state index contributed by atoms with van der Waals surface area (Å²) in [5.74, 6) is -0.260. The smallest absolute Gasteiger partial charge is 0.271 e. The van der Waals surface area contributed by atoms with Crippen molar-refractivity contribution in [2.45, 2.75) is 51.0 Å². The van der Waals surface area contributed by atoms with E-state index in [4.69, 9.17) is 10.5 Å². The van der Waals surface area contributed by atoms with Crippen LogP contribution in [-0.4, -0.2) is 38.9 Å². The Hall–Kier alpha value is -4.46. The number of carbonyl (C=O) groups excluding carboxylic acids is 2. The largest absolute Gasteiger partial charge is 0.494 e. The molecule has 37 heavy (non-hydrogen) atoms. The number of nitrogens with two attached hydrogens (primary N) is 1. The molecule has 0 bridgehead atoms. The summed E-state index contributed by atoms with van der Waals surface area (Å²) in [6, 6.07) is 9.49. The summed E-state index contributed by atoms with van der Waals surface area (Å²) in [4.78, 5) is 24.3. The molecule has 2 saturated carbocycles. The normalized spacial score (nSPS) is 15.6. The molecule has 0 unspecified atom stereocenters. The van der Waals surface area contributed by atoms with Gasteiger partial charge in [0.2, 0.25) is 5.91 Å². The number of hydrogen-bond acceptors (Lipinski definition) is 8. The summed E-state index contributed by atoms with van der Waals surface area (Å²) in [5, 5.41) is 28.3. The number of hydrogen-bond donors (Lipinski definition) is 3. The number of carbonyl (C=O) groups is 2. The molecule has 2 aliphatic carbocycles. The Kier molecular flexibility index (Phi) is 6.72. The second-order valence-corrected chi connectivity index (χ2v) is 9.39. The van der Waals surface area contributed by atoms with Crippen LogP contribution in [0.4, 0.5) is 17.2 Å². The number of amides is 2. The predicted molar refractivity (Wildman–Crippen MR) is 136 cm³/mol. The van der Waals surface area contributed by atoms with Gasteiger partial charge < -0.3 is 21.1 Å². The third-order valence-electron chi connectivity index (χ3n) is 6.83. The van der Waals surface area contributed by atoms with Crippen LogP contribution >= 0.6 is 0 Å². The van der Waals surface area contributed by atoms with Crippen molar-refractivity contribution < 1.29 is 14.3 Å². The summed E-state index contributed by atoms with van der Waals surface area (Å²) in [5.41, 5.74) is 8.05. The number of methoxy groups -OCH3 is 1. The van der Waals surface area contributed by atoms with E-state index in [1.165, 1.54) is 19.6 Å². The number of anilines is 3. The van der Waals surface area contributed by atoms with Crippen molar-refractivity contribution in [1.82, 2.24) is 20.0 Å². The van der Waals surface area contributed by atoms with E-state index < -0.39 is 5.91 Å². The van der Waals surface area contributed by atoms with E-state index in [-0.39, 0.29) is 35.1 Å². The number of aromatic nitrogens is 4. The second-order valence-electron chi connectivity index (χ2n) is 9.39. The summed E-state index contributed by atoms with van der Waals surface area (Å²) in [6.45, 7) is 0. The Morgan fingerprint density at radius 3 is 2.57 bits per heavy atom. The van der Waals surface area contributed by atoms with E-state index in [2.05, 4.69) is 32.0 Å². The molecule has 0 radical (unpaired) electrons. The van der Waals surface area contributed by atoms with E-state index in [0.717, 1.165) is 38.5 Å². The quantitative estimate of drug-likeness (QED) is 0.419. The molecule has 0 spiro atoms. The Balaban J connectivity index is 1.50. The minimum atomic E-state index is -0.772. The summed E-state index contributed by atoms with van der Waals surface area (Å²) < 4.78 is 7.60. The van der Waals surface area contributed by atoms with Crippen LogP contribution in [0.3, 0.4) is 0 Å². The van der Waals surface area contributed by atoms with Crippen molar-refractivity contribution in [3.63, 3.8) is 0 Å². The van der Waals surface area contributed by atoms with E-state index >= 15 is 0 Å². The molecule has 0 atom stereocenters. The molecule has 11 nitrogen and oxygen atoms in total. The Labute approximate surface area is 214 Å². The van der Waals surface area contributed by atoms with E-state index in [1.807, 2.05) is 16.8 Å². The first-order chi connectivity index (χ1) is 18.0.